The normalized spacial score (nSPS) is 14.0. The van der Waals surface area contributed by atoms with E-state index in [0.29, 0.717) is 17.4 Å². The number of anilines is 1. The fraction of sp³-hybridized carbons (Fsp3) is 0.200. The second-order valence-corrected chi connectivity index (χ2v) is 4.92. The Labute approximate surface area is 114 Å². The number of hydrogen-bond acceptors (Lipinski definition) is 4. The van der Waals surface area contributed by atoms with Gasteiger partial charge in [-0.05, 0) is 25.0 Å². The Bertz CT molecular complexity index is 815. The molecule has 100 valence electrons. The molecule has 0 unspecified atom stereocenters. The van der Waals surface area contributed by atoms with Crippen LogP contribution in [-0.4, -0.2) is 16.5 Å². The third kappa shape index (κ3) is 1.71. The van der Waals surface area contributed by atoms with Gasteiger partial charge in [-0.15, -0.1) is 0 Å². The number of rotatable bonds is 1. The Morgan fingerprint density at radius 3 is 3.05 bits per heavy atom. The molecule has 0 saturated heterocycles. The lowest BCUT2D eigenvalue weighted by Gasteiger charge is -2.15. The maximum absolute atomic E-state index is 12.1. The fourth-order valence-electron chi connectivity index (χ4n) is 2.56. The maximum Gasteiger partial charge on any atom is 0.256 e. The molecule has 1 aliphatic rings. The van der Waals surface area contributed by atoms with Crippen molar-refractivity contribution in [3.05, 3.63) is 46.2 Å². The minimum atomic E-state index is -0.0855. The summed E-state index contributed by atoms with van der Waals surface area (Å²) in [6.45, 7) is 0.850. The van der Waals surface area contributed by atoms with E-state index in [1.165, 1.54) is 0 Å². The van der Waals surface area contributed by atoms with E-state index in [1.54, 1.807) is 0 Å². The van der Waals surface area contributed by atoms with E-state index in [9.17, 15) is 4.79 Å². The molecule has 0 aliphatic carbocycles. The van der Waals surface area contributed by atoms with E-state index < -0.39 is 0 Å². The molecule has 5 nitrogen and oxygen atoms in total. The Balaban J connectivity index is 1.89. The molecule has 2 aromatic heterocycles. The molecule has 20 heavy (non-hydrogen) atoms. The minimum absolute atomic E-state index is 0.0855. The lowest BCUT2D eigenvalue weighted by atomic mass is 10.1. The first-order valence-electron chi connectivity index (χ1n) is 6.67. The summed E-state index contributed by atoms with van der Waals surface area (Å²) in [4.78, 5) is 19.4. The van der Waals surface area contributed by atoms with E-state index in [-0.39, 0.29) is 5.56 Å². The molecule has 0 radical (unpaired) electrons. The zero-order valence-electron chi connectivity index (χ0n) is 10.8. The Morgan fingerprint density at radius 1 is 1.25 bits per heavy atom. The van der Waals surface area contributed by atoms with E-state index in [2.05, 4.69) is 15.3 Å². The molecule has 1 aliphatic heterocycles. The second-order valence-electron chi connectivity index (χ2n) is 4.92. The van der Waals surface area contributed by atoms with E-state index in [4.69, 9.17) is 4.42 Å². The van der Waals surface area contributed by atoms with Crippen LogP contribution in [0.5, 0.6) is 0 Å². The van der Waals surface area contributed by atoms with Crippen molar-refractivity contribution < 1.29 is 4.42 Å². The molecule has 0 amide bonds. The highest BCUT2D eigenvalue weighted by Gasteiger charge is 2.17. The number of aromatic nitrogens is 2. The van der Waals surface area contributed by atoms with Gasteiger partial charge in [0.15, 0.2) is 11.6 Å². The van der Waals surface area contributed by atoms with Crippen molar-refractivity contribution in [2.75, 3.05) is 11.9 Å². The zero-order chi connectivity index (χ0) is 13.5. The first kappa shape index (κ1) is 11.3. The maximum atomic E-state index is 12.1. The van der Waals surface area contributed by atoms with Crippen molar-refractivity contribution in [3.8, 4) is 11.6 Å². The minimum Gasteiger partial charge on any atom is -0.453 e. The number of H-pyrrole nitrogens is 1. The predicted octanol–water partition coefficient (Wildman–Crippen LogP) is 2.54. The van der Waals surface area contributed by atoms with Gasteiger partial charge < -0.3 is 14.7 Å². The third-order valence-electron chi connectivity index (χ3n) is 3.57. The molecule has 3 aromatic rings. The number of para-hydroxylation sites is 1. The van der Waals surface area contributed by atoms with E-state index in [1.807, 2.05) is 30.3 Å². The average Bonchev–Trinajstić information content (AvgIpc) is 2.91. The monoisotopic (exact) mass is 267 g/mol. The molecule has 3 heterocycles. The SMILES string of the molecule is O=c1[nH]c(-c2cc3ccccc3o2)nc2c1CCCN2. The van der Waals surface area contributed by atoms with Crippen LogP contribution in [-0.2, 0) is 6.42 Å². The van der Waals surface area contributed by atoms with Gasteiger partial charge in [0.05, 0.1) is 5.56 Å². The quantitative estimate of drug-likeness (QED) is 0.710. The Morgan fingerprint density at radius 2 is 2.15 bits per heavy atom. The smallest absolute Gasteiger partial charge is 0.256 e. The van der Waals surface area contributed by atoms with Gasteiger partial charge in [0, 0.05) is 11.9 Å². The van der Waals surface area contributed by atoms with Gasteiger partial charge in [-0.2, -0.15) is 0 Å². The van der Waals surface area contributed by atoms with Crippen LogP contribution in [0.3, 0.4) is 0 Å². The van der Waals surface area contributed by atoms with Crippen molar-refractivity contribution in [1.29, 1.82) is 0 Å². The van der Waals surface area contributed by atoms with E-state index >= 15 is 0 Å². The standard InChI is InChI=1S/C15H13N3O2/c19-15-10-5-3-7-16-13(10)17-14(18-15)12-8-9-4-1-2-6-11(9)20-12/h1-2,4,6,8H,3,5,7H2,(H2,16,17,18,19). The summed E-state index contributed by atoms with van der Waals surface area (Å²) >= 11 is 0. The van der Waals surface area contributed by atoms with Crippen LogP contribution in [0.1, 0.15) is 12.0 Å². The Kier molecular flexibility index (Phi) is 2.39. The lowest BCUT2D eigenvalue weighted by Crippen LogP contribution is -2.24. The lowest BCUT2D eigenvalue weighted by molar-refractivity contribution is 0.624. The Hall–Kier alpha value is -2.56. The number of furan rings is 1. The van der Waals surface area contributed by atoms with Crippen molar-refractivity contribution >= 4 is 16.8 Å². The van der Waals surface area contributed by atoms with Crippen LogP contribution in [0.2, 0.25) is 0 Å². The highest BCUT2D eigenvalue weighted by molar-refractivity contribution is 5.81. The average molecular weight is 267 g/mol. The fourth-order valence-corrected chi connectivity index (χ4v) is 2.56. The molecular formula is C15H13N3O2. The molecular weight excluding hydrogens is 254 g/mol. The van der Waals surface area contributed by atoms with E-state index in [0.717, 1.165) is 35.9 Å². The molecule has 0 saturated carbocycles. The molecule has 1 aromatic carbocycles. The third-order valence-corrected chi connectivity index (χ3v) is 3.57. The second kappa shape index (κ2) is 4.23. The van der Waals surface area contributed by atoms with Gasteiger partial charge in [0.25, 0.3) is 5.56 Å². The summed E-state index contributed by atoms with van der Waals surface area (Å²) in [5, 5.41) is 4.17. The molecule has 0 atom stereocenters. The number of aromatic amines is 1. The summed E-state index contributed by atoms with van der Waals surface area (Å²) < 4.78 is 5.74. The topological polar surface area (TPSA) is 70.9 Å². The molecule has 0 bridgehead atoms. The molecule has 0 fully saturated rings. The predicted molar refractivity (Wildman–Crippen MR) is 76.9 cm³/mol. The van der Waals surface area contributed by atoms with Gasteiger partial charge >= 0.3 is 0 Å². The van der Waals surface area contributed by atoms with Gasteiger partial charge in [0.2, 0.25) is 0 Å². The van der Waals surface area contributed by atoms with Gasteiger partial charge in [-0.1, -0.05) is 18.2 Å². The van der Waals surface area contributed by atoms with Gasteiger partial charge in [0.1, 0.15) is 11.4 Å². The van der Waals surface area contributed by atoms with Crippen LogP contribution in [0.25, 0.3) is 22.6 Å². The number of hydrogen-bond donors (Lipinski definition) is 2. The summed E-state index contributed by atoms with van der Waals surface area (Å²) in [6.07, 6.45) is 1.73. The van der Waals surface area contributed by atoms with Gasteiger partial charge in [-0.25, -0.2) is 4.98 Å². The first-order valence-corrected chi connectivity index (χ1v) is 6.67. The highest BCUT2D eigenvalue weighted by Crippen LogP contribution is 2.26. The molecule has 4 rings (SSSR count). The highest BCUT2D eigenvalue weighted by atomic mass is 16.3. The van der Waals surface area contributed by atoms with Crippen molar-refractivity contribution in [1.82, 2.24) is 9.97 Å². The summed E-state index contributed by atoms with van der Waals surface area (Å²) in [5.74, 6) is 1.73. The number of nitrogens with one attached hydrogen (secondary N) is 2. The largest absolute Gasteiger partial charge is 0.453 e. The number of benzene rings is 1. The number of fused-ring (bicyclic) bond motifs is 2. The summed E-state index contributed by atoms with van der Waals surface area (Å²) in [6, 6.07) is 9.62. The van der Waals surface area contributed by atoms with Crippen LogP contribution in [0, 0.1) is 0 Å². The van der Waals surface area contributed by atoms with Crippen LogP contribution >= 0.6 is 0 Å². The summed E-state index contributed by atoms with van der Waals surface area (Å²) in [7, 11) is 0. The van der Waals surface area contributed by atoms with Crippen molar-refractivity contribution in [3.63, 3.8) is 0 Å². The van der Waals surface area contributed by atoms with Crippen molar-refractivity contribution in [2.45, 2.75) is 12.8 Å². The molecule has 5 heteroatoms. The first-order chi connectivity index (χ1) is 9.81. The molecule has 0 spiro atoms. The van der Waals surface area contributed by atoms with Crippen LogP contribution in [0.4, 0.5) is 5.82 Å². The molecule has 2 N–H and O–H groups in total. The number of nitrogens with zero attached hydrogens (tertiary/aromatic N) is 1. The van der Waals surface area contributed by atoms with Crippen LogP contribution < -0.4 is 10.9 Å². The zero-order valence-corrected chi connectivity index (χ0v) is 10.8. The summed E-state index contributed by atoms with van der Waals surface area (Å²) in [5.41, 5.74) is 1.43. The van der Waals surface area contributed by atoms with Gasteiger partial charge in [-0.3, -0.25) is 4.79 Å². The van der Waals surface area contributed by atoms with Crippen LogP contribution in [0.15, 0.2) is 39.5 Å². The van der Waals surface area contributed by atoms with Crippen molar-refractivity contribution in [2.24, 2.45) is 0 Å².